The molecule has 0 unspecified atom stereocenters. The summed E-state index contributed by atoms with van der Waals surface area (Å²) in [5.74, 6) is 0.492. The van der Waals surface area contributed by atoms with Gasteiger partial charge in [-0.15, -0.1) is 0 Å². The summed E-state index contributed by atoms with van der Waals surface area (Å²) in [4.78, 5) is 0. The Balaban J connectivity index is 2.10. The summed E-state index contributed by atoms with van der Waals surface area (Å²) in [5, 5.41) is 0. The van der Waals surface area contributed by atoms with Gasteiger partial charge in [-0.1, -0.05) is 67.6 Å². The van der Waals surface area contributed by atoms with Crippen LogP contribution in [0.1, 0.15) is 30.4 Å². The van der Waals surface area contributed by atoms with E-state index in [9.17, 15) is 0 Å². The van der Waals surface area contributed by atoms with Gasteiger partial charge >= 0.3 is 0 Å². The van der Waals surface area contributed by atoms with Crippen LogP contribution in [-0.4, -0.2) is 16.4 Å². The van der Waals surface area contributed by atoms with Gasteiger partial charge in [-0.3, -0.25) is 0 Å². The summed E-state index contributed by atoms with van der Waals surface area (Å²) < 4.78 is 5.80. The minimum atomic E-state index is -0.435. The van der Waals surface area contributed by atoms with Crippen LogP contribution in [0.4, 0.5) is 0 Å². The van der Waals surface area contributed by atoms with Gasteiger partial charge < -0.3 is 4.43 Å². The van der Waals surface area contributed by atoms with E-state index in [-0.39, 0.29) is 0 Å². The van der Waals surface area contributed by atoms with E-state index >= 15 is 0 Å². The fourth-order valence-corrected chi connectivity index (χ4v) is 3.91. The number of hydrogen-bond acceptors (Lipinski definition) is 1. The fraction of sp³-hybridized carbons (Fsp3) is 0.294. The molecule has 0 fully saturated rings. The van der Waals surface area contributed by atoms with Crippen molar-refractivity contribution < 1.29 is 4.43 Å². The van der Waals surface area contributed by atoms with Crippen molar-refractivity contribution in [2.24, 2.45) is 0 Å². The molecule has 1 nitrogen and oxygen atoms in total. The summed E-state index contributed by atoms with van der Waals surface area (Å²) >= 11 is 0. The normalized spacial score (nSPS) is 11.5. The lowest BCUT2D eigenvalue weighted by Gasteiger charge is -2.17. The summed E-state index contributed by atoms with van der Waals surface area (Å²) in [5.41, 5.74) is 2.81. The Morgan fingerprint density at radius 3 is 1.89 bits per heavy atom. The average molecular weight is 270 g/mol. The SMILES string of the molecule is CCCO[SiH2]CC(c1ccccc1)c1ccccc1. The van der Waals surface area contributed by atoms with Gasteiger partial charge in [-0.25, -0.2) is 0 Å². The van der Waals surface area contributed by atoms with Gasteiger partial charge in [0, 0.05) is 12.5 Å². The second kappa shape index (κ2) is 7.92. The van der Waals surface area contributed by atoms with E-state index in [4.69, 9.17) is 4.43 Å². The van der Waals surface area contributed by atoms with Crippen molar-refractivity contribution in [2.45, 2.75) is 25.3 Å². The fourth-order valence-electron chi connectivity index (χ4n) is 2.34. The number of benzene rings is 2. The molecule has 0 aliphatic carbocycles. The molecule has 2 rings (SSSR count). The zero-order valence-electron chi connectivity index (χ0n) is 11.6. The molecule has 0 heterocycles. The zero-order valence-corrected chi connectivity index (χ0v) is 13.0. The van der Waals surface area contributed by atoms with Crippen molar-refractivity contribution in [3.8, 4) is 0 Å². The molecular formula is C17H22OSi. The molecule has 0 aliphatic rings. The van der Waals surface area contributed by atoms with Crippen LogP contribution in [0.2, 0.25) is 6.04 Å². The highest BCUT2D eigenvalue weighted by atomic mass is 28.2. The largest absolute Gasteiger partial charge is 0.424 e. The maximum absolute atomic E-state index is 5.80. The Morgan fingerprint density at radius 1 is 0.895 bits per heavy atom. The Kier molecular flexibility index (Phi) is 5.85. The van der Waals surface area contributed by atoms with E-state index in [1.54, 1.807) is 0 Å². The molecule has 0 bridgehead atoms. The van der Waals surface area contributed by atoms with Crippen LogP contribution >= 0.6 is 0 Å². The Hall–Kier alpha value is -1.38. The van der Waals surface area contributed by atoms with Gasteiger partial charge in [0.25, 0.3) is 0 Å². The zero-order chi connectivity index (χ0) is 13.3. The molecule has 0 radical (unpaired) electrons. The molecule has 19 heavy (non-hydrogen) atoms. The van der Waals surface area contributed by atoms with Gasteiger partial charge in [0.1, 0.15) is 0 Å². The van der Waals surface area contributed by atoms with Crippen LogP contribution < -0.4 is 0 Å². The first-order valence-electron chi connectivity index (χ1n) is 7.09. The molecule has 100 valence electrons. The molecule has 0 N–H and O–H groups in total. The second-order valence-electron chi connectivity index (χ2n) is 4.78. The van der Waals surface area contributed by atoms with E-state index in [2.05, 4.69) is 67.6 Å². The first-order valence-corrected chi connectivity index (χ1v) is 8.67. The van der Waals surface area contributed by atoms with Gasteiger partial charge in [0.05, 0.1) is 0 Å². The molecule has 2 aromatic rings. The smallest absolute Gasteiger partial charge is 0.162 e. The van der Waals surface area contributed by atoms with Crippen LogP contribution in [0, 0.1) is 0 Å². The third kappa shape index (κ3) is 4.34. The Morgan fingerprint density at radius 2 is 1.42 bits per heavy atom. The van der Waals surface area contributed by atoms with Crippen molar-refractivity contribution in [3.63, 3.8) is 0 Å². The third-order valence-corrected chi connectivity index (χ3v) is 4.69. The maximum Gasteiger partial charge on any atom is 0.162 e. The van der Waals surface area contributed by atoms with Crippen molar-refractivity contribution in [2.75, 3.05) is 6.61 Å². The maximum atomic E-state index is 5.80. The quantitative estimate of drug-likeness (QED) is 0.550. The van der Waals surface area contributed by atoms with Gasteiger partial charge in [-0.2, -0.15) is 0 Å². The molecule has 0 atom stereocenters. The lowest BCUT2D eigenvalue weighted by Crippen LogP contribution is -2.08. The van der Waals surface area contributed by atoms with Crippen LogP contribution in [0.25, 0.3) is 0 Å². The first-order chi connectivity index (χ1) is 9.42. The van der Waals surface area contributed by atoms with Gasteiger partial charge in [0.15, 0.2) is 9.76 Å². The van der Waals surface area contributed by atoms with E-state index in [0.717, 1.165) is 13.0 Å². The summed E-state index contributed by atoms with van der Waals surface area (Å²) in [6.45, 7) is 3.09. The van der Waals surface area contributed by atoms with Crippen molar-refractivity contribution in [1.82, 2.24) is 0 Å². The standard InChI is InChI=1S/C17H22OSi/c1-2-13-18-19-14-17(15-9-5-3-6-10-15)16-11-7-4-8-12-16/h3-12,17H,2,13-14,19H2,1H3. The highest BCUT2D eigenvalue weighted by molar-refractivity contribution is 6.27. The number of rotatable bonds is 7. The van der Waals surface area contributed by atoms with Crippen LogP contribution in [0.15, 0.2) is 60.7 Å². The topological polar surface area (TPSA) is 9.23 Å². The lowest BCUT2D eigenvalue weighted by molar-refractivity contribution is 0.334. The molecule has 2 aromatic carbocycles. The minimum absolute atomic E-state index is 0.435. The summed E-state index contributed by atoms with van der Waals surface area (Å²) in [6, 6.07) is 22.7. The first kappa shape index (κ1) is 14.0. The lowest BCUT2D eigenvalue weighted by atomic mass is 9.93. The van der Waals surface area contributed by atoms with Crippen LogP contribution in [0.3, 0.4) is 0 Å². The van der Waals surface area contributed by atoms with E-state index in [1.807, 2.05) is 0 Å². The molecular weight excluding hydrogens is 248 g/mol. The van der Waals surface area contributed by atoms with Crippen molar-refractivity contribution >= 4 is 9.76 Å². The minimum Gasteiger partial charge on any atom is -0.424 e. The molecule has 0 amide bonds. The highest BCUT2D eigenvalue weighted by Crippen LogP contribution is 2.27. The predicted octanol–water partition coefficient (Wildman–Crippen LogP) is 3.75. The molecule has 0 saturated heterocycles. The van der Waals surface area contributed by atoms with Gasteiger partial charge in [0.2, 0.25) is 0 Å². The van der Waals surface area contributed by atoms with E-state index in [1.165, 1.54) is 17.2 Å². The number of hydrogen-bond donors (Lipinski definition) is 0. The van der Waals surface area contributed by atoms with Gasteiger partial charge in [-0.05, 0) is 23.6 Å². The Labute approximate surface area is 118 Å². The predicted molar refractivity (Wildman–Crippen MR) is 84.3 cm³/mol. The summed E-state index contributed by atoms with van der Waals surface area (Å²) in [6.07, 6.45) is 1.12. The highest BCUT2D eigenvalue weighted by Gasteiger charge is 2.13. The molecule has 0 aromatic heterocycles. The molecule has 2 heteroatoms. The monoisotopic (exact) mass is 270 g/mol. The molecule has 0 aliphatic heterocycles. The van der Waals surface area contributed by atoms with Crippen LogP contribution in [-0.2, 0) is 4.43 Å². The third-order valence-electron chi connectivity index (χ3n) is 3.30. The molecule has 0 saturated carbocycles. The molecule has 0 spiro atoms. The van der Waals surface area contributed by atoms with Crippen LogP contribution in [0.5, 0.6) is 0 Å². The van der Waals surface area contributed by atoms with Crippen molar-refractivity contribution in [3.05, 3.63) is 71.8 Å². The van der Waals surface area contributed by atoms with Crippen molar-refractivity contribution in [1.29, 1.82) is 0 Å². The Bertz CT molecular complexity index is 416. The average Bonchev–Trinajstić information content (AvgIpc) is 2.49. The summed E-state index contributed by atoms with van der Waals surface area (Å²) in [7, 11) is -0.435. The van der Waals surface area contributed by atoms with E-state index < -0.39 is 9.76 Å². The van der Waals surface area contributed by atoms with E-state index in [0.29, 0.717) is 5.92 Å². The second-order valence-corrected chi connectivity index (χ2v) is 6.17.